The summed E-state index contributed by atoms with van der Waals surface area (Å²) >= 11 is 0. The Balaban J connectivity index is -0.0000000400. The first kappa shape index (κ1) is 30.3. The molecule has 0 fully saturated rings. The van der Waals surface area contributed by atoms with Crippen LogP contribution >= 0.6 is 17.0 Å². The largest absolute Gasteiger partial charge is 0.359 e. The summed E-state index contributed by atoms with van der Waals surface area (Å²) in [6, 6.07) is 0. The van der Waals surface area contributed by atoms with Gasteiger partial charge < -0.3 is 34.6 Å². The zero-order valence-electron chi connectivity index (χ0n) is 11.7. The van der Waals surface area contributed by atoms with Crippen LogP contribution in [0.2, 0.25) is 0 Å². The Labute approximate surface area is 115 Å². The molecule has 0 radical (unpaired) electrons. The van der Waals surface area contributed by atoms with Gasteiger partial charge in [-0.3, -0.25) is 0 Å². The van der Waals surface area contributed by atoms with Crippen LogP contribution in [0.1, 0.15) is 0 Å². The van der Waals surface area contributed by atoms with Gasteiger partial charge >= 0.3 is 0 Å². The van der Waals surface area contributed by atoms with E-state index in [1.165, 1.54) is 0 Å². The molecule has 17 heavy (non-hydrogen) atoms. The van der Waals surface area contributed by atoms with Crippen LogP contribution in [0.15, 0.2) is 0 Å². The van der Waals surface area contributed by atoms with Gasteiger partial charge in [0.15, 0.2) is 0 Å². The van der Waals surface area contributed by atoms with E-state index in [-0.39, 0.29) is 23.1 Å². The van der Waals surface area contributed by atoms with Crippen LogP contribution in [0.25, 0.3) is 0 Å². The maximum absolute atomic E-state index is 4.47. The number of hydrogen-bond acceptors (Lipinski definition) is 7. The van der Waals surface area contributed by atoms with Gasteiger partial charge in [0.1, 0.15) is 20.4 Å². The molecular formula is C9H28BrNO6. The van der Waals surface area contributed by atoms with Crippen molar-refractivity contribution in [3.05, 3.63) is 0 Å². The molecule has 0 bridgehead atoms. The van der Waals surface area contributed by atoms with E-state index in [1.807, 2.05) is 0 Å². The Morgan fingerprint density at radius 2 is 0.588 bits per heavy atom. The van der Waals surface area contributed by atoms with E-state index in [2.05, 4.69) is 28.4 Å². The normalized spacial score (nSPS) is 7.41. The molecule has 0 atom stereocenters. The van der Waals surface area contributed by atoms with Crippen molar-refractivity contribution in [2.75, 3.05) is 63.0 Å². The fourth-order valence-corrected chi connectivity index (χ4v) is 0.354. The molecule has 0 aliphatic rings. The summed E-state index contributed by atoms with van der Waals surface area (Å²) in [6.07, 6.45) is 0. The second-order valence-electron chi connectivity index (χ2n) is 2.09. The fourth-order valence-electron chi connectivity index (χ4n) is 0.354. The number of hydrogen-bond donors (Lipinski definition) is 1. The van der Waals surface area contributed by atoms with Gasteiger partial charge in [-0.05, 0) is 0 Å². The van der Waals surface area contributed by atoms with Gasteiger partial charge in [-0.15, -0.1) is 17.0 Å². The van der Waals surface area contributed by atoms with Gasteiger partial charge in [0, 0.05) is 42.7 Å². The first-order valence-electron chi connectivity index (χ1n) is 4.18. The summed E-state index contributed by atoms with van der Waals surface area (Å²) in [4.78, 5) is 0. The third kappa shape index (κ3) is 85.0. The first-order valence-corrected chi connectivity index (χ1v) is 4.18. The predicted molar refractivity (Wildman–Crippen MR) is 72.0 cm³/mol. The molecule has 0 saturated heterocycles. The molecule has 0 unspecified atom stereocenters. The van der Waals surface area contributed by atoms with Crippen molar-refractivity contribution in [3.8, 4) is 0 Å². The molecule has 0 aliphatic heterocycles. The molecule has 8 heteroatoms. The first-order chi connectivity index (χ1) is 7.24. The van der Waals surface area contributed by atoms with E-state index in [1.54, 1.807) is 42.7 Å². The van der Waals surface area contributed by atoms with Crippen LogP contribution in [-0.4, -0.2) is 63.0 Å². The summed E-state index contributed by atoms with van der Waals surface area (Å²) in [5, 5.41) is 0. The minimum atomic E-state index is 0. The van der Waals surface area contributed by atoms with E-state index in [0.29, 0.717) is 20.4 Å². The highest BCUT2D eigenvalue weighted by atomic mass is 79.9. The average Bonchev–Trinajstić information content (AvgIpc) is 2.23. The van der Waals surface area contributed by atoms with Gasteiger partial charge in [-0.25, -0.2) is 0 Å². The third-order valence-electron chi connectivity index (χ3n) is 0.707. The molecule has 0 amide bonds. The van der Waals surface area contributed by atoms with Crippen LogP contribution < -0.4 is 6.15 Å². The third-order valence-corrected chi connectivity index (χ3v) is 0.707. The van der Waals surface area contributed by atoms with Crippen LogP contribution in [0.4, 0.5) is 0 Å². The Morgan fingerprint density at radius 3 is 0.588 bits per heavy atom. The standard InChI is InChI=1S/3C3H8O2.BrH.H3N/c3*1-4-3-5-2;;/h3*3H2,1-2H3;1H;1H3. The maximum Gasteiger partial charge on any atom is 0.145 e. The Kier molecular flexibility index (Phi) is 78.9. The molecule has 0 rings (SSSR count). The quantitative estimate of drug-likeness (QED) is 0.739. The second kappa shape index (κ2) is 44.2. The molecule has 0 aromatic carbocycles. The lowest BCUT2D eigenvalue weighted by Crippen LogP contribution is -1.87. The van der Waals surface area contributed by atoms with Gasteiger partial charge in [0.05, 0.1) is 0 Å². The van der Waals surface area contributed by atoms with Crippen LogP contribution in [0.5, 0.6) is 0 Å². The lowest BCUT2D eigenvalue weighted by Gasteiger charge is -1.87. The van der Waals surface area contributed by atoms with Gasteiger partial charge in [0.25, 0.3) is 0 Å². The lowest BCUT2D eigenvalue weighted by molar-refractivity contribution is -0.00282. The lowest BCUT2D eigenvalue weighted by atomic mass is 11.4. The summed E-state index contributed by atoms with van der Waals surface area (Å²) < 4.78 is 26.8. The van der Waals surface area contributed by atoms with Crippen molar-refractivity contribution < 1.29 is 28.4 Å². The number of halogens is 1. The molecule has 0 heterocycles. The van der Waals surface area contributed by atoms with Gasteiger partial charge in [0.2, 0.25) is 0 Å². The van der Waals surface area contributed by atoms with E-state index in [9.17, 15) is 0 Å². The van der Waals surface area contributed by atoms with E-state index in [0.717, 1.165) is 0 Å². The molecule has 3 N–H and O–H groups in total. The summed E-state index contributed by atoms with van der Waals surface area (Å²) in [5.74, 6) is 0. The summed E-state index contributed by atoms with van der Waals surface area (Å²) in [7, 11) is 9.52. The zero-order valence-corrected chi connectivity index (χ0v) is 13.4. The number of rotatable bonds is 6. The van der Waals surface area contributed by atoms with Gasteiger partial charge in [-0.1, -0.05) is 0 Å². The molecule has 7 nitrogen and oxygen atoms in total. The van der Waals surface area contributed by atoms with Crippen molar-refractivity contribution in [2.45, 2.75) is 0 Å². The highest BCUT2D eigenvalue weighted by molar-refractivity contribution is 8.93. The van der Waals surface area contributed by atoms with Crippen LogP contribution in [0.3, 0.4) is 0 Å². The molecule has 0 saturated carbocycles. The minimum absolute atomic E-state index is 0. The molecular weight excluding hydrogens is 298 g/mol. The molecule has 0 aromatic heterocycles. The van der Waals surface area contributed by atoms with E-state index in [4.69, 9.17) is 0 Å². The highest BCUT2D eigenvalue weighted by Crippen LogP contribution is 1.61. The topological polar surface area (TPSA) is 90.4 Å². The number of methoxy groups -OCH3 is 6. The van der Waals surface area contributed by atoms with Gasteiger partial charge in [-0.2, -0.15) is 0 Å². The van der Waals surface area contributed by atoms with Crippen molar-refractivity contribution in [1.82, 2.24) is 6.15 Å². The van der Waals surface area contributed by atoms with Crippen molar-refractivity contribution >= 4 is 17.0 Å². The highest BCUT2D eigenvalue weighted by Gasteiger charge is 1.64. The predicted octanol–water partition coefficient (Wildman–Crippen LogP) is 1.45. The monoisotopic (exact) mass is 325 g/mol. The molecule has 0 aromatic rings. The molecule has 0 aliphatic carbocycles. The van der Waals surface area contributed by atoms with Crippen LogP contribution in [-0.2, 0) is 28.4 Å². The van der Waals surface area contributed by atoms with Crippen LogP contribution in [0, 0.1) is 0 Å². The zero-order chi connectivity index (χ0) is 12.4. The number of ether oxygens (including phenoxy) is 6. The van der Waals surface area contributed by atoms with Crippen molar-refractivity contribution in [2.24, 2.45) is 0 Å². The van der Waals surface area contributed by atoms with E-state index < -0.39 is 0 Å². The van der Waals surface area contributed by atoms with Crippen molar-refractivity contribution in [1.29, 1.82) is 0 Å². The minimum Gasteiger partial charge on any atom is -0.359 e. The summed E-state index contributed by atoms with van der Waals surface area (Å²) in [6.45, 7) is 1.17. The summed E-state index contributed by atoms with van der Waals surface area (Å²) in [5.41, 5.74) is 0. The Morgan fingerprint density at radius 1 is 0.471 bits per heavy atom. The Bertz CT molecular complexity index is 62.2. The maximum atomic E-state index is 4.47. The Hall–Kier alpha value is 0.200. The second-order valence-corrected chi connectivity index (χ2v) is 2.09. The smallest absolute Gasteiger partial charge is 0.145 e. The van der Waals surface area contributed by atoms with E-state index >= 15 is 0 Å². The van der Waals surface area contributed by atoms with Crippen molar-refractivity contribution in [3.63, 3.8) is 0 Å². The SMILES string of the molecule is Br.COCOC.COCOC.COCOC.N. The molecule has 112 valence electrons. The molecule has 0 spiro atoms. The fraction of sp³-hybridized carbons (Fsp3) is 1.00. The average molecular weight is 326 g/mol.